The Balaban J connectivity index is 2.58. The molecule has 0 aromatic heterocycles. The average molecular weight is 360 g/mol. The van der Waals surface area contributed by atoms with Crippen molar-refractivity contribution in [3.05, 3.63) is 28.2 Å². The van der Waals surface area contributed by atoms with E-state index in [0.717, 1.165) is 35.3 Å². The fourth-order valence-corrected chi connectivity index (χ4v) is 2.27. The first kappa shape index (κ1) is 18.4. The van der Waals surface area contributed by atoms with E-state index in [1.54, 1.807) is 14.2 Å². The maximum Gasteiger partial charge on any atom is 0.137 e. The van der Waals surface area contributed by atoms with Crippen LogP contribution in [0.5, 0.6) is 5.75 Å². The van der Waals surface area contributed by atoms with Gasteiger partial charge in [-0.3, -0.25) is 0 Å². The first-order valence-corrected chi connectivity index (χ1v) is 7.94. The van der Waals surface area contributed by atoms with E-state index in [0.29, 0.717) is 13.2 Å². The molecular weight excluding hydrogens is 334 g/mol. The lowest BCUT2D eigenvalue weighted by Crippen LogP contribution is -2.25. The van der Waals surface area contributed by atoms with Crippen molar-refractivity contribution in [3.8, 4) is 5.75 Å². The average Bonchev–Trinajstić information content (AvgIpc) is 2.46. The van der Waals surface area contributed by atoms with E-state index in [2.05, 4.69) is 41.2 Å². The van der Waals surface area contributed by atoms with Crippen molar-refractivity contribution in [2.45, 2.75) is 32.4 Å². The van der Waals surface area contributed by atoms with Crippen LogP contribution in [0, 0.1) is 0 Å². The van der Waals surface area contributed by atoms with Crippen LogP contribution in [-0.2, 0) is 16.0 Å². The van der Waals surface area contributed by atoms with Gasteiger partial charge in [0.2, 0.25) is 0 Å². The molecule has 1 aromatic carbocycles. The smallest absolute Gasteiger partial charge is 0.137 e. The minimum Gasteiger partial charge on any atom is -0.492 e. The Labute approximate surface area is 136 Å². The van der Waals surface area contributed by atoms with E-state index in [1.807, 2.05) is 12.1 Å². The molecule has 0 saturated carbocycles. The molecule has 0 heterocycles. The van der Waals surface area contributed by atoms with Gasteiger partial charge in [0.15, 0.2) is 0 Å². The summed E-state index contributed by atoms with van der Waals surface area (Å²) >= 11 is 3.56. The molecule has 0 aliphatic rings. The van der Waals surface area contributed by atoms with Gasteiger partial charge in [-0.2, -0.15) is 0 Å². The Morgan fingerprint density at radius 2 is 1.95 bits per heavy atom. The molecule has 1 aromatic rings. The highest BCUT2D eigenvalue weighted by Crippen LogP contribution is 2.29. The minimum atomic E-state index is -0.169. The maximum absolute atomic E-state index is 5.96. The van der Waals surface area contributed by atoms with Gasteiger partial charge in [0.25, 0.3) is 0 Å². The van der Waals surface area contributed by atoms with Crippen LogP contribution >= 0.6 is 15.9 Å². The Bertz CT molecular complexity index is 424. The second-order valence-corrected chi connectivity index (χ2v) is 6.31. The van der Waals surface area contributed by atoms with Crippen LogP contribution < -0.4 is 10.1 Å². The molecule has 0 aliphatic carbocycles. The molecule has 0 fully saturated rings. The molecule has 0 atom stereocenters. The lowest BCUT2D eigenvalue weighted by molar-refractivity contribution is 0.00530. The molecule has 0 bridgehead atoms. The standard InChI is InChI=1S/C16H26BrNO3/c1-16(2,20-4)8-10-21-15-13(6-5-7-14(15)17)12-18-9-11-19-3/h5-7,18H,8-12H2,1-4H3. The van der Waals surface area contributed by atoms with Gasteiger partial charge in [-0.15, -0.1) is 0 Å². The highest BCUT2D eigenvalue weighted by atomic mass is 79.9. The summed E-state index contributed by atoms with van der Waals surface area (Å²) in [6.07, 6.45) is 0.835. The summed E-state index contributed by atoms with van der Waals surface area (Å²) in [5, 5.41) is 3.34. The van der Waals surface area contributed by atoms with Gasteiger partial charge >= 0.3 is 0 Å². The molecular formula is C16H26BrNO3. The van der Waals surface area contributed by atoms with E-state index in [-0.39, 0.29) is 5.60 Å². The van der Waals surface area contributed by atoms with Crippen LogP contribution in [0.15, 0.2) is 22.7 Å². The van der Waals surface area contributed by atoms with Crippen LogP contribution in [0.25, 0.3) is 0 Å². The predicted molar refractivity (Wildman–Crippen MR) is 88.9 cm³/mol. The third kappa shape index (κ3) is 6.78. The van der Waals surface area contributed by atoms with Gasteiger partial charge in [-0.25, -0.2) is 0 Å². The van der Waals surface area contributed by atoms with Crippen LogP contribution in [-0.4, -0.2) is 39.6 Å². The molecule has 0 spiro atoms. The number of ether oxygens (including phenoxy) is 3. The summed E-state index contributed by atoms with van der Waals surface area (Å²) in [6, 6.07) is 6.08. The van der Waals surface area contributed by atoms with Crippen LogP contribution in [0.3, 0.4) is 0 Å². The molecule has 1 N–H and O–H groups in total. The molecule has 120 valence electrons. The topological polar surface area (TPSA) is 39.7 Å². The highest BCUT2D eigenvalue weighted by Gasteiger charge is 2.17. The Kier molecular flexibility index (Phi) is 8.26. The number of nitrogens with one attached hydrogen (secondary N) is 1. The van der Waals surface area contributed by atoms with Crippen molar-refractivity contribution >= 4 is 15.9 Å². The van der Waals surface area contributed by atoms with Gasteiger partial charge in [-0.1, -0.05) is 12.1 Å². The van der Waals surface area contributed by atoms with Gasteiger partial charge in [0, 0.05) is 39.3 Å². The number of para-hydroxylation sites is 1. The minimum absolute atomic E-state index is 0.169. The monoisotopic (exact) mass is 359 g/mol. The third-order valence-electron chi connectivity index (χ3n) is 3.35. The first-order chi connectivity index (χ1) is 10.00. The zero-order valence-corrected chi connectivity index (χ0v) is 15.0. The maximum atomic E-state index is 5.96. The van der Waals surface area contributed by atoms with E-state index < -0.39 is 0 Å². The molecule has 0 radical (unpaired) electrons. The Morgan fingerprint density at radius 1 is 1.19 bits per heavy atom. The van der Waals surface area contributed by atoms with Gasteiger partial charge in [0.05, 0.1) is 23.3 Å². The fourth-order valence-electron chi connectivity index (χ4n) is 1.75. The molecule has 0 amide bonds. The van der Waals surface area contributed by atoms with E-state index in [1.165, 1.54) is 0 Å². The number of hydrogen-bond acceptors (Lipinski definition) is 4. The summed E-state index contributed by atoms with van der Waals surface area (Å²) in [5.41, 5.74) is 0.966. The van der Waals surface area contributed by atoms with E-state index in [9.17, 15) is 0 Å². The number of halogens is 1. The van der Waals surface area contributed by atoms with Crippen molar-refractivity contribution < 1.29 is 14.2 Å². The van der Waals surface area contributed by atoms with Crippen molar-refractivity contribution in [1.82, 2.24) is 5.32 Å². The summed E-state index contributed by atoms with van der Waals surface area (Å²) in [4.78, 5) is 0. The number of methoxy groups -OCH3 is 2. The normalized spacial score (nSPS) is 11.7. The summed E-state index contributed by atoms with van der Waals surface area (Å²) in [6.45, 7) is 7.01. The zero-order valence-electron chi connectivity index (χ0n) is 13.4. The van der Waals surface area contributed by atoms with E-state index >= 15 is 0 Å². The highest BCUT2D eigenvalue weighted by molar-refractivity contribution is 9.10. The quantitative estimate of drug-likeness (QED) is 0.650. The summed E-state index contributed by atoms with van der Waals surface area (Å²) in [7, 11) is 3.43. The van der Waals surface area contributed by atoms with Crippen molar-refractivity contribution in [2.75, 3.05) is 34.0 Å². The molecule has 1 rings (SSSR count). The van der Waals surface area contributed by atoms with Gasteiger partial charge in [-0.05, 0) is 35.8 Å². The molecule has 0 unspecified atom stereocenters. The van der Waals surface area contributed by atoms with Crippen molar-refractivity contribution in [3.63, 3.8) is 0 Å². The van der Waals surface area contributed by atoms with Crippen LogP contribution in [0.2, 0.25) is 0 Å². The Hall–Kier alpha value is -0.620. The summed E-state index contributed by atoms with van der Waals surface area (Å²) in [5.74, 6) is 0.898. The molecule has 21 heavy (non-hydrogen) atoms. The van der Waals surface area contributed by atoms with Crippen LogP contribution in [0.4, 0.5) is 0 Å². The lowest BCUT2D eigenvalue weighted by Gasteiger charge is -2.23. The zero-order chi connectivity index (χ0) is 15.7. The second kappa shape index (κ2) is 9.41. The Morgan fingerprint density at radius 3 is 2.62 bits per heavy atom. The largest absolute Gasteiger partial charge is 0.492 e. The molecule has 0 aliphatic heterocycles. The van der Waals surface area contributed by atoms with Crippen LogP contribution in [0.1, 0.15) is 25.8 Å². The van der Waals surface area contributed by atoms with E-state index in [4.69, 9.17) is 14.2 Å². The molecule has 4 nitrogen and oxygen atoms in total. The molecule has 5 heteroatoms. The number of hydrogen-bond donors (Lipinski definition) is 1. The third-order valence-corrected chi connectivity index (χ3v) is 3.97. The SMILES string of the molecule is COCCNCc1cccc(Br)c1OCCC(C)(C)OC. The fraction of sp³-hybridized carbons (Fsp3) is 0.625. The molecule has 0 saturated heterocycles. The number of rotatable bonds is 10. The first-order valence-electron chi connectivity index (χ1n) is 7.15. The van der Waals surface area contributed by atoms with Crippen molar-refractivity contribution in [2.24, 2.45) is 0 Å². The summed E-state index contributed by atoms with van der Waals surface area (Å²) < 4.78 is 17.4. The van der Waals surface area contributed by atoms with Gasteiger partial charge in [0.1, 0.15) is 5.75 Å². The van der Waals surface area contributed by atoms with Gasteiger partial charge < -0.3 is 19.5 Å². The lowest BCUT2D eigenvalue weighted by atomic mass is 10.1. The predicted octanol–water partition coefficient (Wildman–Crippen LogP) is 3.38. The number of benzene rings is 1. The second-order valence-electron chi connectivity index (χ2n) is 5.46. The van der Waals surface area contributed by atoms with Crippen molar-refractivity contribution in [1.29, 1.82) is 0 Å².